The molecule has 0 amide bonds. The number of hydrogen-bond donors (Lipinski definition) is 1. The van der Waals surface area contributed by atoms with Crippen LogP contribution in [-0.2, 0) is 6.42 Å². The summed E-state index contributed by atoms with van der Waals surface area (Å²) in [5.41, 5.74) is 0.739. The summed E-state index contributed by atoms with van der Waals surface area (Å²) in [6.07, 6.45) is 0.702. The predicted molar refractivity (Wildman–Crippen MR) is 82.7 cm³/mol. The Labute approximate surface area is 122 Å². The van der Waals surface area contributed by atoms with Crippen molar-refractivity contribution in [1.82, 2.24) is 5.32 Å². The zero-order valence-electron chi connectivity index (χ0n) is 13.6. The first-order valence-corrected chi connectivity index (χ1v) is 7.35. The maximum absolute atomic E-state index is 14.3. The van der Waals surface area contributed by atoms with Gasteiger partial charge in [-0.15, -0.1) is 0 Å². The first-order valence-electron chi connectivity index (χ1n) is 7.35. The number of nitrogens with one attached hydrogen (secondary N) is 1. The molecule has 1 N–H and O–H groups in total. The molecular weight excluding hydrogens is 253 g/mol. The molecule has 0 fully saturated rings. The van der Waals surface area contributed by atoms with Crippen LogP contribution in [0.3, 0.4) is 0 Å². The van der Waals surface area contributed by atoms with Crippen LogP contribution < -0.4 is 10.1 Å². The topological polar surface area (TPSA) is 21.3 Å². The minimum absolute atomic E-state index is 0.0114. The molecule has 0 aliphatic carbocycles. The van der Waals surface area contributed by atoms with Gasteiger partial charge in [-0.1, -0.05) is 46.8 Å². The SMILES string of the molecule is COc1cccc(CC(C)(CNC(C)C)C(C)C)c1F. The molecule has 0 aliphatic rings. The summed E-state index contributed by atoms with van der Waals surface area (Å²) in [6.45, 7) is 11.7. The summed E-state index contributed by atoms with van der Waals surface area (Å²) in [7, 11) is 1.50. The lowest BCUT2D eigenvalue weighted by Gasteiger charge is -2.35. The molecule has 0 saturated heterocycles. The van der Waals surface area contributed by atoms with Gasteiger partial charge in [0.2, 0.25) is 0 Å². The second-order valence-electron chi connectivity index (χ2n) is 6.45. The van der Waals surface area contributed by atoms with Crippen molar-refractivity contribution in [3.63, 3.8) is 0 Å². The molecule has 114 valence electrons. The van der Waals surface area contributed by atoms with Gasteiger partial charge in [0.1, 0.15) is 0 Å². The monoisotopic (exact) mass is 281 g/mol. The van der Waals surface area contributed by atoms with Gasteiger partial charge in [0.15, 0.2) is 11.6 Å². The van der Waals surface area contributed by atoms with E-state index in [-0.39, 0.29) is 11.2 Å². The molecule has 0 radical (unpaired) electrons. The summed E-state index contributed by atoms with van der Waals surface area (Å²) in [5.74, 6) is 0.552. The van der Waals surface area contributed by atoms with Gasteiger partial charge in [-0.2, -0.15) is 0 Å². The lowest BCUT2D eigenvalue weighted by Crippen LogP contribution is -2.40. The van der Waals surface area contributed by atoms with Crippen molar-refractivity contribution in [3.05, 3.63) is 29.6 Å². The molecule has 20 heavy (non-hydrogen) atoms. The van der Waals surface area contributed by atoms with E-state index < -0.39 is 0 Å². The maximum Gasteiger partial charge on any atom is 0.168 e. The number of ether oxygens (including phenoxy) is 1. The maximum atomic E-state index is 14.3. The lowest BCUT2D eigenvalue weighted by molar-refractivity contribution is 0.199. The van der Waals surface area contributed by atoms with E-state index in [1.807, 2.05) is 12.1 Å². The number of rotatable bonds is 7. The predicted octanol–water partition coefficient (Wildman–Crippen LogP) is 4.04. The Bertz CT molecular complexity index is 431. The molecular formula is C17H28FNO. The zero-order valence-corrected chi connectivity index (χ0v) is 13.6. The molecule has 1 aromatic carbocycles. The minimum atomic E-state index is -0.230. The third-order valence-electron chi connectivity index (χ3n) is 4.17. The van der Waals surface area contributed by atoms with Crippen LogP contribution in [0.1, 0.15) is 40.2 Å². The normalized spacial score (nSPS) is 14.7. The number of halogens is 1. The van der Waals surface area contributed by atoms with Crippen LogP contribution in [-0.4, -0.2) is 19.7 Å². The van der Waals surface area contributed by atoms with Crippen molar-refractivity contribution in [2.45, 2.75) is 47.1 Å². The third-order valence-corrected chi connectivity index (χ3v) is 4.17. The minimum Gasteiger partial charge on any atom is -0.494 e. The third kappa shape index (κ3) is 4.20. The fourth-order valence-corrected chi connectivity index (χ4v) is 2.19. The van der Waals surface area contributed by atoms with Crippen LogP contribution in [0, 0.1) is 17.2 Å². The van der Waals surface area contributed by atoms with Crippen LogP contribution in [0.15, 0.2) is 18.2 Å². The van der Waals surface area contributed by atoms with Crippen molar-refractivity contribution in [3.8, 4) is 5.75 Å². The smallest absolute Gasteiger partial charge is 0.168 e. The van der Waals surface area contributed by atoms with Gasteiger partial charge >= 0.3 is 0 Å². The molecule has 1 aromatic rings. The van der Waals surface area contributed by atoms with Gasteiger partial charge in [-0.25, -0.2) is 4.39 Å². The molecule has 0 aliphatic heterocycles. The summed E-state index contributed by atoms with van der Waals surface area (Å²) in [4.78, 5) is 0. The Hall–Kier alpha value is -1.09. The van der Waals surface area contributed by atoms with Crippen molar-refractivity contribution >= 4 is 0 Å². The largest absolute Gasteiger partial charge is 0.494 e. The second-order valence-corrected chi connectivity index (χ2v) is 6.45. The second kappa shape index (κ2) is 7.07. The van der Waals surface area contributed by atoms with Crippen molar-refractivity contribution in [1.29, 1.82) is 0 Å². The Morgan fingerprint density at radius 3 is 2.40 bits per heavy atom. The Morgan fingerprint density at radius 1 is 1.25 bits per heavy atom. The van der Waals surface area contributed by atoms with Gasteiger partial charge < -0.3 is 10.1 Å². The average molecular weight is 281 g/mol. The molecule has 1 rings (SSSR count). The van der Waals surface area contributed by atoms with Crippen molar-refractivity contribution in [2.24, 2.45) is 11.3 Å². The van der Waals surface area contributed by atoms with E-state index in [1.165, 1.54) is 7.11 Å². The molecule has 3 heteroatoms. The van der Waals surface area contributed by atoms with E-state index in [9.17, 15) is 4.39 Å². The van der Waals surface area contributed by atoms with Crippen LogP contribution in [0.5, 0.6) is 5.75 Å². The number of benzene rings is 1. The molecule has 0 aromatic heterocycles. The fraction of sp³-hybridized carbons (Fsp3) is 0.647. The van der Waals surface area contributed by atoms with Gasteiger partial charge in [0.05, 0.1) is 7.11 Å². The first-order chi connectivity index (χ1) is 9.30. The molecule has 0 heterocycles. The Balaban J connectivity index is 2.96. The standard InChI is InChI=1S/C17H28FNO/c1-12(2)17(5,11-19-13(3)4)10-14-8-7-9-15(20-6)16(14)18/h7-9,12-13,19H,10-11H2,1-6H3. The highest BCUT2D eigenvalue weighted by Crippen LogP contribution is 2.33. The zero-order chi connectivity index (χ0) is 15.3. The summed E-state index contributed by atoms with van der Waals surface area (Å²) < 4.78 is 19.4. The lowest BCUT2D eigenvalue weighted by atomic mass is 9.74. The van der Waals surface area contributed by atoms with Gasteiger partial charge in [0, 0.05) is 12.6 Å². The summed E-state index contributed by atoms with van der Waals surface area (Å²) in [6, 6.07) is 5.81. The molecule has 0 spiro atoms. The van der Waals surface area contributed by atoms with Crippen LogP contribution >= 0.6 is 0 Å². The first kappa shape index (κ1) is 17.0. The average Bonchev–Trinajstić information content (AvgIpc) is 2.38. The summed E-state index contributed by atoms with van der Waals surface area (Å²) >= 11 is 0. The Morgan fingerprint density at radius 2 is 1.90 bits per heavy atom. The van der Waals surface area contributed by atoms with E-state index in [2.05, 4.69) is 39.9 Å². The van der Waals surface area contributed by atoms with E-state index in [1.54, 1.807) is 6.07 Å². The molecule has 2 nitrogen and oxygen atoms in total. The molecule has 0 saturated carbocycles. The highest BCUT2D eigenvalue weighted by Gasteiger charge is 2.30. The quantitative estimate of drug-likeness (QED) is 0.814. The van der Waals surface area contributed by atoms with Gasteiger partial charge in [-0.3, -0.25) is 0 Å². The number of methoxy groups -OCH3 is 1. The van der Waals surface area contributed by atoms with E-state index >= 15 is 0 Å². The number of hydrogen-bond acceptors (Lipinski definition) is 2. The van der Waals surface area contributed by atoms with Crippen molar-refractivity contribution in [2.75, 3.05) is 13.7 Å². The molecule has 1 atom stereocenters. The summed E-state index contributed by atoms with van der Waals surface area (Å²) in [5, 5.41) is 3.48. The Kier molecular flexibility index (Phi) is 6.00. The van der Waals surface area contributed by atoms with Gasteiger partial charge in [-0.05, 0) is 29.4 Å². The van der Waals surface area contributed by atoms with E-state index in [4.69, 9.17) is 4.74 Å². The van der Waals surface area contributed by atoms with Gasteiger partial charge in [0.25, 0.3) is 0 Å². The van der Waals surface area contributed by atoms with Crippen LogP contribution in [0.25, 0.3) is 0 Å². The molecule has 0 bridgehead atoms. The highest BCUT2D eigenvalue weighted by atomic mass is 19.1. The van der Waals surface area contributed by atoms with Crippen LogP contribution in [0.2, 0.25) is 0 Å². The molecule has 1 unspecified atom stereocenters. The van der Waals surface area contributed by atoms with Crippen LogP contribution in [0.4, 0.5) is 4.39 Å². The van der Waals surface area contributed by atoms with E-state index in [0.717, 1.165) is 12.1 Å². The van der Waals surface area contributed by atoms with Crippen molar-refractivity contribution < 1.29 is 9.13 Å². The fourth-order valence-electron chi connectivity index (χ4n) is 2.19. The highest BCUT2D eigenvalue weighted by molar-refractivity contribution is 5.31. The van der Waals surface area contributed by atoms with E-state index in [0.29, 0.717) is 24.1 Å².